The molecular weight excluding hydrogens is 376 g/mol. The average molecular weight is 402 g/mol. The fourth-order valence-electron chi connectivity index (χ4n) is 2.30. The van der Waals surface area contributed by atoms with Gasteiger partial charge < -0.3 is 15.0 Å². The molecule has 0 bridgehead atoms. The number of esters is 1. The monoisotopic (exact) mass is 402 g/mol. The van der Waals surface area contributed by atoms with E-state index in [2.05, 4.69) is 20.7 Å². The standard InChI is InChI=1S/C19H26N6O4/c1-13-6-8-14(9-7-13)18-21-23-25(22-18)11-17(28)29-12-16(27)24(5)10-15(26)20-19(2,3)4/h6-9H,10-12H2,1-5H3,(H,20,26). The van der Waals surface area contributed by atoms with E-state index in [0.29, 0.717) is 5.82 Å². The van der Waals surface area contributed by atoms with E-state index in [0.717, 1.165) is 15.9 Å². The molecule has 1 N–H and O–H groups in total. The Morgan fingerprint density at radius 3 is 2.45 bits per heavy atom. The van der Waals surface area contributed by atoms with Gasteiger partial charge in [0.15, 0.2) is 13.2 Å². The number of carbonyl (C=O) groups excluding carboxylic acids is 3. The molecule has 0 spiro atoms. The highest BCUT2D eigenvalue weighted by Gasteiger charge is 2.19. The molecule has 1 aromatic carbocycles. The maximum atomic E-state index is 12.0. The molecule has 0 saturated heterocycles. The minimum atomic E-state index is -0.682. The van der Waals surface area contributed by atoms with Crippen LogP contribution in [0.15, 0.2) is 24.3 Å². The van der Waals surface area contributed by atoms with Crippen molar-refractivity contribution in [3.05, 3.63) is 29.8 Å². The normalized spacial score (nSPS) is 11.1. The molecule has 10 heteroatoms. The lowest BCUT2D eigenvalue weighted by Crippen LogP contribution is -2.47. The van der Waals surface area contributed by atoms with Gasteiger partial charge in [0.2, 0.25) is 11.7 Å². The van der Waals surface area contributed by atoms with Crippen LogP contribution in [0, 0.1) is 6.92 Å². The van der Waals surface area contributed by atoms with Crippen molar-refractivity contribution in [3.8, 4) is 11.4 Å². The topological polar surface area (TPSA) is 119 Å². The molecule has 0 atom stereocenters. The van der Waals surface area contributed by atoms with E-state index in [-0.39, 0.29) is 19.0 Å². The number of amides is 2. The minimum Gasteiger partial charge on any atom is -0.454 e. The summed E-state index contributed by atoms with van der Waals surface area (Å²) >= 11 is 0. The second-order valence-electron chi connectivity index (χ2n) is 7.72. The van der Waals surface area contributed by atoms with Gasteiger partial charge in [-0.1, -0.05) is 29.8 Å². The predicted octanol–water partition coefficient (Wildman–Crippen LogP) is 0.565. The Bertz CT molecular complexity index is 870. The lowest BCUT2D eigenvalue weighted by atomic mass is 10.1. The first-order valence-electron chi connectivity index (χ1n) is 9.09. The van der Waals surface area contributed by atoms with E-state index in [4.69, 9.17) is 4.74 Å². The number of hydrogen-bond acceptors (Lipinski definition) is 7. The number of ether oxygens (including phenoxy) is 1. The van der Waals surface area contributed by atoms with Crippen LogP contribution in [-0.2, 0) is 25.7 Å². The number of nitrogens with one attached hydrogen (secondary N) is 1. The van der Waals surface area contributed by atoms with Crippen LogP contribution in [0.2, 0.25) is 0 Å². The molecule has 0 radical (unpaired) electrons. The van der Waals surface area contributed by atoms with Gasteiger partial charge in [0.25, 0.3) is 5.91 Å². The third-order valence-corrected chi connectivity index (χ3v) is 3.71. The summed E-state index contributed by atoms with van der Waals surface area (Å²) in [4.78, 5) is 38.1. The highest BCUT2D eigenvalue weighted by molar-refractivity contribution is 5.86. The van der Waals surface area contributed by atoms with E-state index in [1.807, 2.05) is 52.0 Å². The summed E-state index contributed by atoms with van der Waals surface area (Å²) in [7, 11) is 1.46. The van der Waals surface area contributed by atoms with Crippen LogP contribution >= 0.6 is 0 Å². The second kappa shape index (κ2) is 9.26. The van der Waals surface area contributed by atoms with Crippen LogP contribution in [0.25, 0.3) is 11.4 Å². The first kappa shape index (κ1) is 22.0. The highest BCUT2D eigenvalue weighted by atomic mass is 16.5. The summed E-state index contributed by atoms with van der Waals surface area (Å²) < 4.78 is 4.95. The van der Waals surface area contributed by atoms with Crippen molar-refractivity contribution in [1.82, 2.24) is 30.4 Å². The Morgan fingerprint density at radius 1 is 1.17 bits per heavy atom. The number of nitrogens with zero attached hydrogens (tertiary/aromatic N) is 5. The van der Waals surface area contributed by atoms with Gasteiger partial charge in [-0.3, -0.25) is 9.59 Å². The number of hydrogen-bond donors (Lipinski definition) is 1. The van der Waals surface area contributed by atoms with Crippen molar-refractivity contribution in [2.24, 2.45) is 0 Å². The summed E-state index contributed by atoms with van der Waals surface area (Å²) in [6.45, 7) is 6.63. The van der Waals surface area contributed by atoms with Gasteiger partial charge in [-0.25, -0.2) is 4.79 Å². The lowest BCUT2D eigenvalue weighted by molar-refractivity contribution is -0.152. The summed E-state index contributed by atoms with van der Waals surface area (Å²) in [5.74, 6) is -1.08. The molecule has 2 rings (SSSR count). The van der Waals surface area contributed by atoms with Crippen LogP contribution in [0.1, 0.15) is 26.3 Å². The summed E-state index contributed by atoms with van der Waals surface area (Å²) in [6.07, 6.45) is 0. The number of carbonyl (C=O) groups is 3. The van der Waals surface area contributed by atoms with Crippen molar-refractivity contribution in [2.75, 3.05) is 20.2 Å². The number of likely N-dealkylation sites (N-methyl/N-ethyl adjacent to an activating group) is 1. The van der Waals surface area contributed by atoms with Crippen LogP contribution in [-0.4, -0.2) is 68.6 Å². The van der Waals surface area contributed by atoms with Crippen LogP contribution in [0.3, 0.4) is 0 Å². The SMILES string of the molecule is Cc1ccc(-c2nnn(CC(=O)OCC(=O)N(C)CC(=O)NC(C)(C)C)n2)cc1. The molecule has 10 nitrogen and oxygen atoms in total. The first-order valence-corrected chi connectivity index (χ1v) is 9.09. The molecule has 29 heavy (non-hydrogen) atoms. The third-order valence-electron chi connectivity index (χ3n) is 3.71. The smallest absolute Gasteiger partial charge is 0.330 e. The largest absolute Gasteiger partial charge is 0.454 e. The Morgan fingerprint density at radius 2 is 1.83 bits per heavy atom. The molecule has 0 saturated carbocycles. The summed E-state index contributed by atoms with van der Waals surface area (Å²) in [5, 5.41) is 14.6. The number of aryl methyl sites for hydroxylation is 1. The van der Waals surface area contributed by atoms with Crippen molar-refractivity contribution in [1.29, 1.82) is 0 Å². The Kier molecular flexibility index (Phi) is 7.03. The molecule has 1 heterocycles. The van der Waals surface area contributed by atoms with Gasteiger partial charge >= 0.3 is 5.97 Å². The predicted molar refractivity (Wildman–Crippen MR) is 104 cm³/mol. The Hall–Kier alpha value is -3.30. The number of aromatic nitrogens is 4. The van der Waals surface area contributed by atoms with E-state index in [1.165, 1.54) is 11.9 Å². The van der Waals surface area contributed by atoms with Crippen LogP contribution < -0.4 is 5.32 Å². The van der Waals surface area contributed by atoms with Crippen molar-refractivity contribution in [3.63, 3.8) is 0 Å². The Balaban J connectivity index is 1.80. The van der Waals surface area contributed by atoms with E-state index < -0.39 is 24.0 Å². The zero-order chi connectivity index (χ0) is 21.6. The molecule has 0 aliphatic heterocycles. The Labute approximate surface area is 169 Å². The van der Waals surface area contributed by atoms with Crippen molar-refractivity contribution >= 4 is 17.8 Å². The minimum absolute atomic E-state index is 0.127. The maximum absolute atomic E-state index is 12.0. The number of tetrazole rings is 1. The van der Waals surface area contributed by atoms with E-state index in [9.17, 15) is 14.4 Å². The van der Waals surface area contributed by atoms with Crippen molar-refractivity contribution in [2.45, 2.75) is 39.8 Å². The summed E-state index contributed by atoms with van der Waals surface area (Å²) in [6, 6.07) is 7.57. The average Bonchev–Trinajstić information content (AvgIpc) is 3.06. The van der Waals surface area contributed by atoms with Gasteiger partial charge in [-0.05, 0) is 32.9 Å². The third kappa shape index (κ3) is 7.32. The zero-order valence-corrected chi connectivity index (χ0v) is 17.3. The second-order valence-corrected chi connectivity index (χ2v) is 7.72. The van der Waals surface area contributed by atoms with Gasteiger partial charge in [-0.15, -0.1) is 10.2 Å². The lowest BCUT2D eigenvalue weighted by Gasteiger charge is -2.23. The molecule has 2 aromatic rings. The highest BCUT2D eigenvalue weighted by Crippen LogP contribution is 2.13. The molecule has 0 aliphatic rings. The molecule has 0 unspecified atom stereocenters. The molecule has 156 valence electrons. The van der Waals surface area contributed by atoms with Crippen molar-refractivity contribution < 1.29 is 19.1 Å². The van der Waals surface area contributed by atoms with E-state index >= 15 is 0 Å². The maximum Gasteiger partial charge on any atom is 0.330 e. The molecule has 0 fully saturated rings. The first-order chi connectivity index (χ1) is 13.5. The summed E-state index contributed by atoms with van der Waals surface area (Å²) in [5.41, 5.74) is 1.49. The molecule has 2 amide bonds. The van der Waals surface area contributed by atoms with Gasteiger partial charge in [0.1, 0.15) is 0 Å². The molecular formula is C19H26N6O4. The molecule has 1 aromatic heterocycles. The number of rotatable bonds is 7. The van der Waals surface area contributed by atoms with Gasteiger partial charge in [0.05, 0.1) is 6.54 Å². The molecule has 0 aliphatic carbocycles. The zero-order valence-electron chi connectivity index (χ0n) is 17.3. The fraction of sp³-hybridized carbons (Fsp3) is 0.474. The quantitative estimate of drug-likeness (QED) is 0.672. The number of benzene rings is 1. The van der Waals surface area contributed by atoms with Gasteiger partial charge in [-0.2, -0.15) is 4.80 Å². The van der Waals surface area contributed by atoms with E-state index in [1.54, 1.807) is 0 Å². The van der Waals surface area contributed by atoms with Crippen LogP contribution in [0.5, 0.6) is 0 Å². The van der Waals surface area contributed by atoms with Crippen LogP contribution in [0.4, 0.5) is 0 Å². The van der Waals surface area contributed by atoms with Gasteiger partial charge in [0, 0.05) is 18.2 Å². The fourth-order valence-corrected chi connectivity index (χ4v) is 2.30.